The Morgan fingerprint density at radius 2 is 2.06 bits per heavy atom. The highest BCUT2D eigenvalue weighted by Crippen LogP contribution is 2.42. The summed E-state index contributed by atoms with van der Waals surface area (Å²) in [6.07, 6.45) is 6.29. The highest BCUT2D eigenvalue weighted by molar-refractivity contribution is 8.78. The number of hydrogen-bond acceptors (Lipinski definition) is 4. The molecule has 0 heterocycles. The smallest absolute Gasteiger partial charge is 0.0571 e. The van der Waals surface area contributed by atoms with E-state index in [9.17, 15) is 0 Å². The van der Waals surface area contributed by atoms with Gasteiger partial charge in [-0.05, 0) is 24.1 Å². The van der Waals surface area contributed by atoms with Gasteiger partial charge >= 0.3 is 0 Å². The summed E-state index contributed by atoms with van der Waals surface area (Å²) in [5.74, 6) is 0.375. The SMILES string of the molecule is CC1C=C(SSc2ccc(N)cc2Cl)C=CC1N. The lowest BCUT2D eigenvalue weighted by atomic mass is 9.98. The summed E-state index contributed by atoms with van der Waals surface area (Å²) in [6, 6.07) is 5.70. The Hall–Kier alpha value is -0.550. The maximum Gasteiger partial charge on any atom is 0.0571 e. The van der Waals surface area contributed by atoms with Crippen molar-refractivity contribution in [1.29, 1.82) is 0 Å². The summed E-state index contributed by atoms with van der Waals surface area (Å²) in [6.45, 7) is 2.12. The van der Waals surface area contributed by atoms with Crippen molar-refractivity contribution in [2.45, 2.75) is 17.9 Å². The molecular weight excluding hydrogens is 284 g/mol. The Morgan fingerprint density at radius 3 is 2.72 bits per heavy atom. The topological polar surface area (TPSA) is 52.0 Å². The Labute approximate surface area is 120 Å². The van der Waals surface area contributed by atoms with Gasteiger partial charge in [0.2, 0.25) is 0 Å². The zero-order valence-electron chi connectivity index (χ0n) is 9.97. The molecule has 1 aliphatic rings. The van der Waals surface area contributed by atoms with Crippen LogP contribution in [-0.2, 0) is 0 Å². The van der Waals surface area contributed by atoms with Crippen LogP contribution in [-0.4, -0.2) is 6.04 Å². The number of benzene rings is 1. The molecule has 2 nitrogen and oxygen atoms in total. The molecule has 1 aromatic carbocycles. The van der Waals surface area contributed by atoms with Crippen LogP contribution < -0.4 is 11.5 Å². The number of hydrogen-bond donors (Lipinski definition) is 2. The highest BCUT2D eigenvalue weighted by atomic mass is 35.5. The second-order valence-corrected chi connectivity index (χ2v) is 6.87. The number of rotatable bonds is 3. The van der Waals surface area contributed by atoms with Crippen molar-refractivity contribution in [3.8, 4) is 0 Å². The van der Waals surface area contributed by atoms with Crippen LogP contribution >= 0.6 is 33.2 Å². The van der Waals surface area contributed by atoms with Crippen molar-refractivity contribution in [3.63, 3.8) is 0 Å². The second kappa shape index (κ2) is 6.06. The van der Waals surface area contributed by atoms with Crippen LogP contribution in [0, 0.1) is 5.92 Å². The minimum absolute atomic E-state index is 0.125. The minimum Gasteiger partial charge on any atom is -0.399 e. The molecule has 0 aliphatic heterocycles. The van der Waals surface area contributed by atoms with Gasteiger partial charge in [0.25, 0.3) is 0 Å². The normalized spacial score (nSPS) is 22.9. The Balaban J connectivity index is 2.00. The van der Waals surface area contributed by atoms with Crippen molar-refractivity contribution in [3.05, 3.63) is 46.4 Å². The summed E-state index contributed by atoms with van der Waals surface area (Å²) in [5.41, 5.74) is 12.3. The van der Waals surface area contributed by atoms with E-state index >= 15 is 0 Å². The van der Waals surface area contributed by atoms with Gasteiger partial charge in [0.05, 0.1) is 5.02 Å². The van der Waals surface area contributed by atoms with E-state index in [1.54, 1.807) is 27.7 Å². The quantitative estimate of drug-likeness (QED) is 0.652. The van der Waals surface area contributed by atoms with E-state index in [4.69, 9.17) is 23.1 Å². The number of anilines is 1. The predicted octanol–water partition coefficient (Wildman–Crippen LogP) is 4.08. The zero-order valence-corrected chi connectivity index (χ0v) is 12.4. The van der Waals surface area contributed by atoms with Gasteiger partial charge in [-0.3, -0.25) is 0 Å². The van der Waals surface area contributed by atoms with Crippen molar-refractivity contribution < 1.29 is 0 Å². The van der Waals surface area contributed by atoms with Crippen molar-refractivity contribution in [2.24, 2.45) is 11.7 Å². The van der Waals surface area contributed by atoms with Crippen molar-refractivity contribution in [2.75, 3.05) is 5.73 Å². The van der Waals surface area contributed by atoms with E-state index in [2.05, 4.69) is 19.1 Å². The van der Waals surface area contributed by atoms with Crippen LogP contribution in [0.15, 0.2) is 46.2 Å². The maximum atomic E-state index is 6.13. The van der Waals surface area contributed by atoms with Crippen LogP contribution in [0.4, 0.5) is 5.69 Å². The Kier molecular flexibility index (Phi) is 4.67. The van der Waals surface area contributed by atoms with Gasteiger partial charge in [0, 0.05) is 21.5 Å². The molecule has 0 saturated heterocycles. The third-order valence-corrected chi connectivity index (χ3v) is 5.57. The van der Waals surface area contributed by atoms with Gasteiger partial charge in [0.1, 0.15) is 0 Å². The van der Waals surface area contributed by atoms with Gasteiger partial charge in [0.15, 0.2) is 0 Å². The summed E-state index contributed by atoms with van der Waals surface area (Å²) >= 11 is 6.13. The minimum atomic E-state index is 0.125. The Bertz CT molecular complexity index is 500. The molecule has 96 valence electrons. The molecular formula is C13H15ClN2S2. The van der Waals surface area contributed by atoms with Gasteiger partial charge in [-0.15, -0.1) is 0 Å². The molecule has 2 atom stereocenters. The monoisotopic (exact) mass is 298 g/mol. The average Bonchev–Trinajstić information content (AvgIpc) is 2.32. The summed E-state index contributed by atoms with van der Waals surface area (Å²) in [5, 5.41) is 0.692. The van der Waals surface area contributed by atoms with Crippen LogP contribution in [0.2, 0.25) is 5.02 Å². The molecule has 2 unspecified atom stereocenters. The summed E-state index contributed by atoms with van der Waals surface area (Å²) in [7, 11) is 3.32. The standard InChI is InChI=1S/C13H15ClN2S2/c1-8-6-10(3-4-12(8)16)17-18-13-5-2-9(15)7-11(13)14/h2-8,12H,15-16H2,1H3. The fourth-order valence-electron chi connectivity index (χ4n) is 1.54. The molecule has 5 heteroatoms. The third-order valence-electron chi connectivity index (χ3n) is 2.70. The van der Waals surface area contributed by atoms with Crippen molar-refractivity contribution in [1.82, 2.24) is 0 Å². The lowest BCUT2D eigenvalue weighted by molar-refractivity contribution is 0.624. The fraction of sp³-hybridized carbons (Fsp3) is 0.231. The molecule has 2 rings (SSSR count). The Morgan fingerprint density at radius 1 is 1.28 bits per heavy atom. The number of nitrogens with two attached hydrogens (primary N) is 2. The van der Waals surface area contributed by atoms with E-state index in [0.29, 0.717) is 16.6 Å². The lowest BCUT2D eigenvalue weighted by Crippen LogP contribution is -2.26. The first-order valence-electron chi connectivity index (χ1n) is 5.61. The lowest BCUT2D eigenvalue weighted by Gasteiger charge is -2.18. The molecule has 0 radical (unpaired) electrons. The largest absolute Gasteiger partial charge is 0.399 e. The number of nitrogen functional groups attached to an aromatic ring is 1. The van der Waals surface area contributed by atoms with Crippen LogP contribution in [0.1, 0.15) is 6.92 Å². The van der Waals surface area contributed by atoms with E-state index in [1.807, 2.05) is 18.2 Å². The maximum absolute atomic E-state index is 6.13. The zero-order chi connectivity index (χ0) is 13.1. The summed E-state index contributed by atoms with van der Waals surface area (Å²) in [4.78, 5) is 2.23. The second-order valence-electron chi connectivity index (χ2n) is 4.22. The van der Waals surface area contributed by atoms with Crippen molar-refractivity contribution >= 4 is 38.9 Å². The average molecular weight is 299 g/mol. The fourth-order valence-corrected chi connectivity index (χ4v) is 4.16. The molecule has 4 N–H and O–H groups in total. The molecule has 0 aromatic heterocycles. The molecule has 0 saturated carbocycles. The van der Waals surface area contributed by atoms with E-state index in [-0.39, 0.29) is 6.04 Å². The third kappa shape index (κ3) is 3.48. The predicted molar refractivity (Wildman–Crippen MR) is 83.7 cm³/mol. The highest BCUT2D eigenvalue weighted by Gasteiger charge is 2.13. The van der Waals surface area contributed by atoms with Crippen LogP contribution in [0.3, 0.4) is 0 Å². The van der Waals surface area contributed by atoms with E-state index in [0.717, 1.165) is 4.90 Å². The molecule has 0 bridgehead atoms. The molecule has 0 amide bonds. The molecule has 1 aliphatic carbocycles. The van der Waals surface area contributed by atoms with Crippen LogP contribution in [0.5, 0.6) is 0 Å². The van der Waals surface area contributed by atoms with Gasteiger partial charge in [-0.25, -0.2) is 0 Å². The first-order valence-corrected chi connectivity index (χ1v) is 8.14. The number of halogens is 1. The molecule has 1 aromatic rings. The summed E-state index contributed by atoms with van der Waals surface area (Å²) < 4.78 is 0. The van der Waals surface area contributed by atoms with Gasteiger partial charge in [-0.2, -0.15) is 0 Å². The molecule has 18 heavy (non-hydrogen) atoms. The van der Waals surface area contributed by atoms with E-state index < -0.39 is 0 Å². The van der Waals surface area contributed by atoms with E-state index in [1.165, 1.54) is 4.91 Å². The molecule has 0 fully saturated rings. The van der Waals surface area contributed by atoms with Gasteiger partial charge < -0.3 is 11.5 Å². The molecule has 0 spiro atoms. The first-order chi connectivity index (χ1) is 8.56. The number of allylic oxidation sites excluding steroid dienone is 1. The van der Waals surface area contributed by atoms with Crippen LogP contribution in [0.25, 0.3) is 0 Å². The first kappa shape index (κ1) is 13.9. The van der Waals surface area contributed by atoms with Gasteiger partial charge in [-0.1, -0.05) is 58.3 Å².